The van der Waals surface area contributed by atoms with Crippen LogP contribution in [-0.4, -0.2) is 61.0 Å². The summed E-state index contributed by atoms with van der Waals surface area (Å²) in [5.74, 6) is -1.42. The number of benzene rings is 1. The van der Waals surface area contributed by atoms with E-state index in [4.69, 9.17) is 9.47 Å². The molecule has 0 bridgehead atoms. The molecule has 0 heterocycles. The maximum atomic E-state index is 12.0. The van der Waals surface area contributed by atoms with Crippen molar-refractivity contribution in [3.8, 4) is 0 Å². The molecule has 8 heteroatoms. The van der Waals surface area contributed by atoms with Crippen LogP contribution in [0.5, 0.6) is 0 Å². The minimum absolute atomic E-state index is 0.121. The monoisotopic (exact) mass is 482 g/mol. The van der Waals surface area contributed by atoms with E-state index in [9.17, 15) is 9.59 Å². The molecule has 0 aliphatic rings. The lowest BCUT2D eigenvalue weighted by molar-refractivity contribution is -0.139. The molecule has 0 fully saturated rings. The Balaban J connectivity index is 2.51. The number of Topliss-reactive ketones (excluding diaryl/α,β-unsaturated/α-hetero) is 1. The van der Waals surface area contributed by atoms with Crippen LogP contribution in [0.4, 0.5) is 0 Å². The van der Waals surface area contributed by atoms with Crippen molar-refractivity contribution in [1.29, 1.82) is 0 Å². The first-order valence-corrected chi connectivity index (χ1v) is 26.7. The van der Waals surface area contributed by atoms with Gasteiger partial charge in [-0.3, -0.25) is 4.79 Å². The fourth-order valence-corrected chi connectivity index (χ4v) is 105. The zero-order valence-corrected chi connectivity index (χ0v) is 24.6. The van der Waals surface area contributed by atoms with E-state index >= 15 is 0 Å². The molecule has 0 radical (unpaired) electrons. The first-order chi connectivity index (χ1) is 13.6. The van der Waals surface area contributed by atoms with Gasteiger partial charge in [0.1, 0.15) is 6.61 Å². The van der Waals surface area contributed by atoms with Crippen LogP contribution in [0.15, 0.2) is 30.3 Å². The average molecular weight is 483 g/mol. The third-order valence-corrected chi connectivity index (χ3v) is 80.9. The van der Waals surface area contributed by atoms with Crippen LogP contribution in [0, 0.1) is 0 Å². The number of ketones is 1. The van der Waals surface area contributed by atoms with Gasteiger partial charge >= 0.3 is 5.97 Å². The fourth-order valence-electron chi connectivity index (χ4n) is 6.01. The molecule has 0 unspecified atom stereocenters. The SMILES string of the molecule is C[Si](C)(C)[Si](CCCOCCOC(=O)C(=O)c1ccccc1)([Si](C)(C)C)[Si](C)(C)C. The molecule has 0 spiro atoms. The Morgan fingerprint density at radius 2 is 1.23 bits per heavy atom. The highest BCUT2D eigenvalue weighted by Gasteiger charge is 2.60. The van der Waals surface area contributed by atoms with Crippen molar-refractivity contribution < 1.29 is 19.1 Å². The Kier molecular flexibility index (Phi) is 9.68. The molecule has 4 nitrogen and oxygen atoms in total. The van der Waals surface area contributed by atoms with Crippen LogP contribution in [0.2, 0.25) is 65.0 Å². The van der Waals surface area contributed by atoms with Gasteiger partial charge in [-0.1, -0.05) is 95.3 Å². The van der Waals surface area contributed by atoms with Gasteiger partial charge in [-0.2, -0.15) is 0 Å². The first-order valence-electron chi connectivity index (χ1n) is 11.0. The van der Waals surface area contributed by atoms with Crippen LogP contribution in [0.3, 0.4) is 0 Å². The van der Waals surface area contributed by atoms with Gasteiger partial charge in [-0.25, -0.2) is 4.79 Å². The van der Waals surface area contributed by atoms with Gasteiger partial charge in [-0.05, 0) is 6.42 Å². The summed E-state index contributed by atoms with van der Waals surface area (Å²) in [6.45, 7) is 23.3. The number of carbonyl (C=O) groups excluding carboxylic acids is 2. The molecule has 0 atom stereocenters. The normalized spacial score (nSPS) is 13.2. The molecule has 0 aliphatic carbocycles. The molecule has 1 aromatic rings. The van der Waals surface area contributed by atoms with E-state index in [1.54, 1.807) is 30.3 Å². The number of hydrogen-bond donors (Lipinski definition) is 0. The topological polar surface area (TPSA) is 52.6 Å². The van der Waals surface area contributed by atoms with E-state index < -0.39 is 41.2 Å². The van der Waals surface area contributed by atoms with Gasteiger partial charge in [0.25, 0.3) is 5.78 Å². The third-order valence-electron chi connectivity index (χ3n) is 6.36. The molecule has 0 saturated carbocycles. The molecule has 0 N–H and O–H groups in total. The largest absolute Gasteiger partial charge is 0.457 e. The van der Waals surface area contributed by atoms with Gasteiger partial charge in [-0.15, -0.1) is 0 Å². The maximum Gasteiger partial charge on any atom is 0.379 e. The van der Waals surface area contributed by atoms with Crippen LogP contribution in [0.25, 0.3) is 0 Å². The fraction of sp³-hybridized carbons (Fsp3) is 0.636. The van der Waals surface area contributed by atoms with Crippen LogP contribution < -0.4 is 0 Å². The molecule has 0 amide bonds. The Morgan fingerprint density at radius 3 is 1.70 bits per heavy atom. The second kappa shape index (κ2) is 10.7. The van der Waals surface area contributed by atoms with Gasteiger partial charge in [0.2, 0.25) is 0 Å². The lowest BCUT2D eigenvalue weighted by Crippen LogP contribution is -2.82. The summed E-state index contributed by atoms with van der Waals surface area (Å²) in [6.07, 6.45) is 1.10. The van der Waals surface area contributed by atoms with E-state index in [0.717, 1.165) is 6.42 Å². The van der Waals surface area contributed by atoms with E-state index in [1.165, 1.54) is 6.04 Å². The van der Waals surface area contributed by atoms with Crippen molar-refractivity contribution in [2.45, 2.75) is 71.4 Å². The standard InChI is InChI=1S/C22H42O4Si4/c1-27(2,3)30(28(4,5)6,29(7,8)9)19-13-16-25-17-18-26-22(24)21(23)20-14-11-10-12-15-20/h10-12,14-15H,13,16-19H2,1-9H3. The van der Waals surface area contributed by atoms with Crippen molar-refractivity contribution in [1.82, 2.24) is 0 Å². The lowest BCUT2D eigenvalue weighted by Gasteiger charge is -2.58. The molecule has 0 aliphatic heterocycles. The lowest BCUT2D eigenvalue weighted by atomic mass is 10.1. The van der Waals surface area contributed by atoms with E-state index in [2.05, 4.69) is 58.9 Å². The van der Waals surface area contributed by atoms with E-state index in [1.807, 2.05) is 0 Å². The highest BCUT2D eigenvalue weighted by atomic mass is 29.9. The molecule has 0 saturated heterocycles. The quantitative estimate of drug-likeness (QED) is 0.129. The highest BCUT2D eigenvalue weighted by Crippen LogP contribution is 2.40. The minimum Gasteiger partial charge on any atom is -0.457 e. The molecule has 1 aromatic carbocycles. The summed E-state index contributed by atoms with van der Waals surface area (Å²) in [5, 5.41) is 0. The van der Waals surface area contributed by atoms with Crippen LogP contribution in [-0.2, 0) is 14.3 Å². The Hall–Kier alpha value is -0.812. The van der Waals surface area contributed by atoms with Crippen molar-refractivity contribution in [3.63, 3.8) is 0 Å². The first kappa shape index (κ1) is 27.2. The number of carbonyl (C=O) groups is 2. The van der Waals surface area contributed by atoms with Gasteiger partial charge in [0, 0.05) is 41.6 Å². The van der Waals surface area contributed by atoms with E-state index in [-0.39, 0.29) is 6.61 Å². The second-order valence-corrected chi connectivity index (χ2v) is 52.7. The molecule has 1 rings (SSSR count). The Morgan fingerprint density at radius 1 is 0.733 bits per heavy atom. The zero-order valence-electron chi connectivity index (χ0n) is 20.6. The van der Waals surface area contributed by atoms with Gasteiger partial charge in [0.15, 0.2) is 0 Å². The van der Waals surface area contributed by atoms with Crippen LogP contribution in [0.1, 0.15) is 16.8 Å². The molecule has 0 aromatic heterocycles. The number of rotatable bonds is 12. The predicted molar refractivity (Wildman–Crippen MR) is 138 cm³/mol. The summed E-state index contributed by atoms with van der Waals surface area (Å²) in [7, 11) is -3.73. The van der Waals surface area contributed by atoms with Crippen LogP contribution >= 0.6 is 0 Å². The smallest absolute Gasteiger partial charge is 0.379 e. The third kappa shape index (κ3) is 6.59. The molecule has 30 heavy (non-hydrogen) atoms. The number of hydrogen-bond acceptors (Lipinski definition) is 4. The highest BCUT2D eigenvalue weighted by molar-refractivity contribution is 7.89. The Bertz CT molecular complexity index is 665. The van der Waals surface area contributed by atoms with Gasteiger partial charge in [0.05, 0.1) is 6.61 Å². The van der Waals surface area contributed by atoms with Crippen molar-refractivity contribution in [2.24, 2.45) is 0 Å². The molecular weight excluding hydrogens is 441 g/mol. The maximum absolute atomic E-state index is 12.0. The summed E-state index contributed by atoms with van der Waals surface area (Å²) in [4.78, 5) is 23.9. The molecular formula is C22H42O4Si4. The minimum atomic E-state index is -1.33. The van der Waals surface area contributed by atoms with Gasteiger partial charge < -0.3 is 9.47 Å². The molecule has 170 valence electrons. The summed E-state index contributed by atoms with van der Waals surface area (Å²) in [5.41, 5.74) is 0.355. The average Bonchev–Trinajstić information content (AvgIpc) is 2.60. The van der Waals surface area contributed by atoms with E-state index in [0.29, 0.717) is 18.8 Å². The Labute approximate surface area is 187 Å². The summed E-state index contributed by atoms with van der Waals surface area (Å²) in [6, 6.07) is 9.88. The predicted octanol–water partition coefficient (Wildman–Crippen LogP) is 5.52. The summed E-state index contributed by atoms with van der Waals surface area (Å²) < 4.78 is 10.9. The van der Waals surface area contributed by atoms with Crippen molar-refractivity contribution in [3.05, 3.63) is 35.9 Å². The van der Waals surface area contributed by atoms with Crippen molar-refractivity contribution >= 4 is 41.2 Å². The zero-order chi connectivity index (χ0) is 23.2. The second-order valence-electron chi connectivity index (χ2n) is 11.2. The summed E-state index contributed by atoms with van der Waals surface area (Å²) >= 11 is 0. The number of esters is 1. The number of ether oxygens (including phenoxy) is 2. The van der Waals surface area contributed by atoms with Crippen molar-refractivity contribution in [2.75, 3.05) is 19.8 Å².